The Hall–Kier alpha value is -1.50. The Labute approximate surface area is 142 Å². The van der Waals surface area contributed by atoms with E-state index >= 15 is 0 Å². The van der Waals surface area contributed by atoms with E-state index in [0.717, 1.165) is 19.3 Å². The molecule has 24 heavy (non-hydrogen) atoms. The number of nitro benzene ring substituents is 1. The molecule has 0 aromatic heterocycles. The third kappa shape index (κ3) is 4.75. The second kappa shape index (κ2) is 8.05. The summed E-state index contributed by atoms with van der Waals surface area (Å²) in [6.07, 6.45) is 1.53. The maximum Gasteiger partial charge on any atom is 0.269 e. The number of nitro groups is 1. The van der Waals surface area contributed by atoms with Crippen LogP contribution in [0.25, 0.3) is 0 Å². The average Bonchev–Trinajstić information content (AvgIpc) is 2.56. The van der Waals surface area contributed by atoms with Gasteiger partial charge in [-0.3, -0.25) is 10.1 Å². The van der Waals surface area contributed by atoms with E-state index in [0.29, 0.717) is 18.8 Å². The van der Waals surface area contributed by atoms with Crippen molar-refractivity contribution < 1.29 is 19.5 Å². The highest BCUT2D eigenvalue weighted by Gasteiger charge is 2.36. The number of benzene rings is 1. The largest absolute Gasteiger partial charge is 0.388 e. The summed E-state index contributed by atoms with van der Waals surface area (Å²) in [4.78, 5) is 10.3. The Balaban J connectivity index is 2.12. The van der Waals surface area contributed by atoms with Gasteiger partial charge in [0.15, 0.2) is 6.29 Å². The van der Waals surface area contributed by atoms with Crippen molar-refractivity contribution >= 4 is 5.69 Å². The van der Waals surface area contributed by atoms with Gasteiger partial charge in [0, 0.05) is 23.5 Å². The Kier molecular flexibility index (Phi) is 6.32. The van der Waals surface area contributed by atoms with Crippen molar-refractivity contribution in [2.24, 2.45) is 11.3 Å². The second-order valence-electron chi connectivity index (χ2n) is 7.25. The van der Waals surface area contributed by atoms with Crippen LogP contribution in [0, 0.1) is 21.4 Å². The first-order valence-electron chi connectivity index (χ1n) is 8.49. The smallest absolute Gasteiger partial charge is 0.269 e. The fraction of sp³-hybridized carbons (Fsp3) is 0.667. The zero-order chi connectivity index (χ0) is 17.7. The van der Waals surface area contributed by atoms with E-state index < -0.39 is 17.3 Å². The van der Waals surface area contributed by atoms with Gasteiger partial charge in [-0.25, -0.2) is 0 Å². The van der Waals surface area contributed by atoms with Crippen molar-refractivity contribution in [3.63, 3.8) is 0 Å². The lowest BCUT2D eigenvalue weighted by molar-refractivity contribution is -0.384. The predicted octanol–water partition coefficient (Wildman–Crippen LogP) is 3.83. The van der Waals surface area contributed by atoms with Crippen LogP contribution in [-0.4, -0.2) is 29.5 Å². The summed E-state index contributed by atoms with van der Waals surface area (Å²) in [6, 6.07) is 6.05. The molecule has 1 fully saturated rings. The number of hydrogen-bond acceptors (Lipinski definition) is 5. The number of ether oxygens (including phenoxy) is 2. The summed E-state index contributed by atoms with van der Waals surface area (Å²) in [5.41, 5.74) is 0.645. The van der Waals surface area contributed by atoms with Gasteiger partial charge in [-0.1, -0.05) is 33.6 Å². The zero-order valence-corrected chi connectivity index (χ0v) is 14.6. The number of rotatable bonds is 7. The van der Waals surface area contributed by atoms with E-state index in [1.165, 1.54) is 12.1 Å². The van der Waals surface area contributed by atoms with E-state index in [1.807, 2.05) is 0 Å². The molecule has 0 bridgehead atoms. The molecule has 0 radical (unpaired) electrons. The summed E-state index contributed by atoms with van der Waals surface area (Å²) >= 11 is 0. The van der Waals surface area contributed by atoms with Gasteiger partial charge in [-0.2, -0.15) is 0 Å². The molecule has 1 saturated heterocycles. The van der Waals surface area contributed by atoms with Crippen molar-refractivity contribution in [2.75, 3.05) is 13.2 Å². The van der Waals surface area contributed by atoms with Gasteiger partial charge >= 0.3 is 0 Å². The molecule has 1 aromatic carbocycles. The number of aliphatic hydroxyl groups excluding tert-OH is 1. The lowest BCUT2D eigenvalue weighted by atomic mass is 9.88. The zero-order valence-electron chi connectivity index (χ0n) is 14.6. The van der Waals surface area contributed by atoms with Crippen molar-refractivity contribution in [3.05, 3.63) is 39.9 Å². The van der Waals surface area contributed by atoms with Crippen molar-refractivity contribution in [3.8, 4) is 0 Å². The number of hydrogen-bond donors (Lipinski definition) is 1. The lowest BCUT2D eigenvalue weighted by Gasteiger charge is -2.39. The molecule has 0 amide bonds. The highest BCUT2D eigenvalue weighted by atomic mass is 16.7. The average molecular weight is 337 g/mol. The first kappa shape index (κ1) is 18.8. The van der Waals surface area contributed by atoms with Crippen molar-refractivity contribution in [1.82, 2.24) is 0 Å². The quantitative estimate of drug-likeness (QED) is 0.604. The normalized spacial score (nSPS) is 20.5. The first-order chi connectivity index (χ1) is 11.3. The molecule has 134 valence electrons. The minimum absolute atomic E-state index is 0.0166. The highest BCUT2D eigenvalue weighted by Crippen LogP contribution is 2.35. The molecule has 0 unspecified atom stereocenters. The molecular weight excluding hydrogens is 310 g/mol. The van der Waals surface area contributed by atoms with Gasteiger partial charge in [0.05, 0.1) is 24.2 Å². The summed E-state index contributed by atoms with van der Waals surface area (Å²) < 4.78 is 11.7. The Morgan fingerprint density at radius 1 is 1.29 bits per heavy atom. The Morgan fingerprint density at radius 3 is 2.38 bits per heavy atom. The van der Waals surface area contributed by atoms with Crippen LogP contribution in [0.5, 0.6) is 0 Å². The van der Waals surface area contributed by atoms with Crippen LogP contribution >= 0.6 is 0 Å². The predicted molar refractivity (Wildman–Crippen MR) is 90.5 cm³/mol. The third-order valence-electron chi connectivity index (χ3n) is 4.37. The summed E-state index contributed by atoms with van der Waals surface area (Å²) in [7, 11) is 0. The van der Waals surface area contributed by atoms with E-state index in [2.05, 4.69) is 20.8 Å². The van der Waals surface area contributed by atoms with Crippen LogP contribution in [0.4, 0.5) is 5.69 Å². The van der Waals surface area contributed by atoms with Gasteiger partial charge in [-0.15, -0.1) is 0 Å². The SMILES string of the molecule is CCCC[C@@H](C1OCC(C)(C)CO1)[C@@H](O)c1ccc([N+](=O)[O-])cc1. The van der Waals surface area contributed by atoms with Gasteiger partial charge in [0.25, 0.3) is 5.69 Å². The van der Waals surface area contributed by atoms with E-state index in [-0.39, 0.29) is 17.0 Å². The van der Waals surface area contributed by atoms with E-state index in [4.69, 9.17) is 9.47 Å². The summed E-state index contributed by atoms with van der Waals surface area (Å²) in [5.74, 6) is -0.192. The third-order valence-corrected chi connectivity index (χ3v) is 4.37. The van der Waals surface area contributed by atoms with Crippen molar-refractivity contribution in [1.29, 1.82) is 0 Å². The van der Waals surface area contributed by atoms with E-state index in [9.17, 15) is 15.2 Å². The molecule has 0 saturated carbocycles. The molecule has 0 aliphatic carbocycles. The number of non-ortho nitro benzene ring substituents is 1. The van der Waals surface area contributed by atoms with Crippen molar-refractivity contribution in [2.45, 2.75) is 52.4 Å². The molecule has 1 aliphatic heterocycles. The number of aliphatic hydroxyl groups is 1. The maximum absolute atomic E-state index is 10.8. The van der Waals surface area contributed by atoms with Gasteiger partial charge in [0.1, 0.15) is 0 Å². The van der Waals surface area contributed by atoms with Gasteiger partial charge < -0.3 is 14.6 Å². The minimum Gasteiger partial charge on any atom is -0.388 e. The number of nitrogens with zero attached hydrogens (tertiary/aromatic N) is 1. The minimum atomic E-state index is -0.774. The monoisotopic (exact) mass is 337 g/mol. The molecule has 2 rings (SSSR count). The Bertz CT molecular complexity index is 533. The van der Waals surface area contributed by atoms with Crippen LogP contribution < -0.4 is 0 Å². The van der Waals surface area contributed by atoms with Gasteiger partial charge in [0.2, 0.25) is 0 Å². The fourth-order valence-corrected chi connectivity index (χ4v) is 2.88. The molecule has 0 spiro atoms. The molecule has 1 heterocycles. The van der Waals surface area contributed by atoms with Crippen LogP contribution in [-0.2, 0) is 9.47 Å². The molecule has 1 aliphatic rings. The molecule has 6 heteroatoms. The molecular formula is C18H27NO5. The fourth-order valence-electron chi connectivity index (χ4n) is 2.88. The number of unbranched alkanes of at least 4 members (excludes halogenated alkanes) is 1. The first-order valence-corrected chi connectivity index (χ1v) is 8.49. The second-order valence-corrected chi connectivity index (χ2v) is 7.25. The molecule has 6 nitrogen and oxygen atoms in total. The van der Waals surface area contributed by atoms with Crippen LogP contribution in [0.2, 0.25) is 0 Å². The maximum atomic E-state index is 10.8. The summed E-state index contributed by atoms with van der Waals surface area (Å²) in [5, 5.41) is 21.6. The molecule has 1 aromatic rings. The highest BCUT2D eigenvalue weighted by molar-refractivity contribution is 5.34. The van der Waals surface area contributed by atoms with Crippen LogP contribution in [0.1, 0.15) is 51.7 Å². The van der Waals surface area contributed by atoms with Crippen LogP contribution in [0.15, 0.2) is 24.3 Å². The standard InChI is InChI=1S/C18H27NO5/c1-4-5-6-15(17-23-11-18(2,3)12-24-17)16(20)13-7-9-14(10-8-13)19(21)22/h7-10,15-17,20H,4-6,11-12H2,1-3H3/t15-,16+/m1/s1. The Morgan fingerprint density at radius 2 is 1.88 bits per heavy atom. The lowest BCUT2D eigenvalue weighted by Crippen LogP contribution is -2.43. The summed E-state index contributed by atoms with van der Waals surface area (Å²) in [6.45, 7) is 7.44. The molecule has 2 atom stereocenters. The van der Waals surface area contributed by atoms with E-state index in [1.54, 1.807) is 12.1 Å². The van der Waals surface area contributed by atoms with Gasteiger partial charge in [-0.05, 0) is 24.1 Å². The molecule has 1 N–H and O–H groups in total. The topological polar surface area (TPSA) is 81.8 Å². The van der Waals surface area contributed by atoms with Crippen LogP contribution in [0.3, 0.4) is 0 Å².